The number of amides is 1. The van der Waals surface area contributed by atoms with Gasteiger partial charge in [-0.05, 0) is 56.5 Å². The summed E-state index contributed by atoms with van der Waals surface area (Å²) >= 11 is 6.34. The molecular weight excluding hydrogens is 472 g/mol. The molecule has 1 amide bonds. The van der Waals surface area contributed by atoms with Crippen LogP contribution in [0.3, 0.4) is 0 Å². The minimum absolute atomic E-state index is 0.0684. The van der Waals surface area contributed by atoms with Crippen LogP contribution in [0.15, 0.2) is 38.3 Å². The van der Waals surface area contributed by atoms with E-state index in [1.807, 2.05) is 6.07 Å². The normalized spacial score (nSPS) is 15.9. The van der Waals surface area contributed by atoms with E-state index in [1.165, 1.54) is 6.21 Å². The first kappa shape index (κ1) is 18.5. The number of nitrogens with one attached hydrogen (secondary N) is 1. The number of para-hydroxylation sites is 2. The van der Waals surface area contributed by atoms with Gasteiger partial charge in [0.1, 0.15) is 22.6 Å². The van der Waals surface area contributed by atoms with Crippen LogP contribution in [0.1, 0.15) is 11.1 Å². The third kappa shape index (κ3) is 3.49. The molecule has 0 radical (unpaired) electrons. The lowest BCUT2D eigenvalue weighted by Crippen LogP contribution is -2.42. The van der Waals surface area contributed by atoms with Crippen molar-refractivity contribution in [2.24, 2.45) is 5.10 Å². The zero-order valence-corrected chi connectivity index (χ0v) is 16.7. The lowest BCUT2D eigenvalue weighted by atomic mass is 10.1. The minimum Gasteiger partial charge on any atom is -0.506 e. The zero-order valence-electron chi connectivity index (χ0n) is 13.5. The monoisotopic (exact) mass is 484 g/mol. The number of ether oxygens (including phenoxy) is 2. The summed E-state index contributed by atoms with van der Waals surface area (Å²) in [5.74, 6) is 0.284. The van der Waals surface area contributed by atoms with Crippen LogP contribution in [0.25, 0.3) is 0 Å². The average molecular weight is 486 g/mol. The number of hydrazone groups is 1. The van der Waals surface area contributed by atoms with E-state index in [4.69, 9.17) is 9.47 Å². The second-order valence-electron chi connectivity index (χ2n) is 5.46. The largest absolute Gasteiger partial charge is 0.506 e. The molecule has 0 fully saturated rings. The van der Waals surface area contributed by atoms with Gasteiger partial charge in [-0.25, -0.2) is 5.43 Å². The van der Waals surface area contributed by atoms with Crippen molar-refractivity contribution in [2.45, 2.75) is 13.0 Å². The summed E-state index contributed by atoms with van der Waals surface area (Å²) < 4.78 is 11.6. The number of aromatic hydroxyl groups is 2. The minimum atomic E-state index is -0.838. The van der Waals surface area contributed by atoms with Gasteiger partial charge in [0.05, 0.1) is 10.7 Å². The summed E-state index contributed by atoms with van der Waals surface area (Å²) in [6.45, 7) is 1.76. The van der Waals surface area contributed by atoms with E-state index in [1.54, 1.807) is 25.1 Å². The summed E-state index contributed by atoms with van der Waals surface area (Å²) in [6, 6.07) is 7.07. The fraction of sp³-hybridized carbons (Fsp3) is 0.176. The van der Waals surface area contributed by atoms with E-state index < -0.39 is 12.0 Å². The number of halogens is 2. The van der Waals surface area contributed by atoms with Crippen molar-refractivity contribution < 1.29 is 24.5 Å². The van der Waals surface area contributed by atoms with Crippen LogP contribution in [0.2, 0.25) is 0 Å². The summed E-state index contributed by atoms with van der Waals surface area (Å²) in [4.78, 5) is 12.2. The standard InChI is InChI=1S/C17H14Br2N2O5/c1-8-9(15(22)14(19)16(23)13(8)18)6-20-21-17(24)12-7-25-10-4-2-3-5-11(10)26-12/h2-6,12,22-23H,7H2,1H3,(H,21,24)/b20-6+. The van der Waals surface area contributed by atoms with E-state index in [0.717, 1.165) is 0 Å². The maximum atomic E-state index is 12.2. The zero-order chi connectivity index (χ0) is 18.8. The number of fused-ring (bicyclic) bond motifs is 1. The van der Waals surface area contributed by atoms with Crippen LogP contribution in [-0.2, 0) is 4.79 Å². The van der Waals surface area contributed by atoms with Gasteiger partial charge in [0.25, 0.3) is 5.91 Å². The maximum absolute atomic E-state index is 12.2. The molecule has 1 heterocycles. The highest BCUT2D eigenvalue weighted by atomic mass is 79.9. The van der Waals surface area contributed by atoms with Crippen molar-refractivity contribution in [2.75, 3.05) is 6.61 Å². The first-order valence-electron chi connectivity index (χ1n) is 7.51. The quantitative estimate of drug-likeness (QED) is 0.457. The van der Waals surface area contributed by atoms with Gasteiger partial charge < -0.3 is 19.7 Å². The SMILES string of the molecule is Cc1c(Br)c(O)c(Br)c(O)c1/C=N/NC(=O)C1COc2ccccc2O1. The van der Waals surface area contributed by atoms with Crippen molar-refractivity contribution in [3.63, 3.8) is 0 Å². The van der Waals surface area contributed by atoms with Gasteiger partial charge in [-0.3, -0.25) is 4.79 Å². The predicted molar refractivity (Wildman–Crippen MR) is 102 cm³/mol. The number of nitrogens with zero attached hydrogens (tertiary/aromatic N) is 1. The number of rotatable bonds is 3. The molecule has 136 valence electrons. The molecule has 1 aliphatic heterocycles. The third-order valence-corrected chi connectivity index (χ3v) is 5.50. The molecule has 26 heavy (non-hydrogen) atoms. The number of benzene rings is 2. The molecule has 0 bridgehead atoms. The fourth-order valence-corrected chi connectivity index (χ4v) is 3.43. The molecule has 1 atom stereocenters. The van der Waals surface area contributed by atoms with Gasteiger partial charge in [0, 0.05) is 5.56 Å². The summed E-state index contributed by atoms with van der Waals surface area (Å²) in [7, 11) is 0. The molecule has 9 heteroatoms. The van der Waals surface area contributed by atoms with Crippen molar-refractivity contribution in [3.05, 3.63) is 44.3 Å². The lowest BCUT2D eigenvalue weighted by molar-refractivity contribution is -0.130. The molecule has 1 unspecified atom stereocenters. The molecule has 0 spiro atoms. The Morgan fingerprint density at radius 2 is 1.92 bits per heavy atom. The highest BCUT2D eigenvalue weighted by molar-refractivity contribution is 9.11. The second-order valence-corrected chi connectivity index (χ2v) is 7.05. The van der Waals surface area contributed by atoms with Crippen LogP contribution >= 0.6 is 31.9 Å². The van der Waals surface area contributed by atoms with E-state index in [0.29, 0.717) is 27.1 Å². The first-order chi connectivity index (χ1) is 12.4. The van der Waals surface area contributed by atoms with Gasteiger partial charge in [-0.15, -0.1) is 0 Å². The Morgan fingerprint density at radius 1 is 1.23 bits per heavy atom. The van der Waals surface area contributed by atoms with Gasteiger partial charge in [0.15, 0.2) is 11.5 Å². The average Bonchev–Trinajstić information content (AvgIpc) is 2.67. The smallest absolute Gasteiger partial charge is 0.284 e. The Morgan fingerprint density at radius 3 is 2.65 bits per heavy atom. The van der Waals surface area contributed by atoms with Crippen LogP contribution in [0, 0.1) is 6.92 Å². The molecule has 2 aromatic rings. The number of hydrogen-bond acceptors (Lipinski definition) is 6. The first-order valence-corrected chi connectivity index (χ1v) is 9.09. The predicted octanol–water partition coefficient (Wildman–Crippen LogP) is 3.22. The fourth-order valence-electron chi connectivity index (χ4n) is 2.34. The number of carbonyl (C=O) groups excluding carboxylic acids is 1. The molecule has 0 saturated carbocycles. The van der Waals surface area contributed by atoms with E-state index >= 15 is 0 Å². The number of phenolic OH excluding ortho intramolecular Hbond substituents is 2. The topological polar surface area (TPSA) is 100 Å². The van der Waals surface area contributed by atoms with Crippen LogP contribution in [0.4, 0.5) is 0 Å². The molecule has 1 aliphatic rings. The van der Waals surface area contributed by atoms with E-state index in [9.17, 15) is 15.0 Å². The Labute approximate surface area is 165 Å². The van der Waals surface area contributed by atoms with Crippen LogP contribution in [-0.4, -0.2) is 35.0 Å². The second kappa shape index (κ2) is 7.55. The number of carbonyl (C=O) groups is 1. The molecule has 3 rings (SSSR count). The lowest BCUT2D eigenvalue weighted by Gasteiger charge is -2.24. The van der Waals surface area contributed by atoms with Gasteiger partial charge >= 0.3 is 0 Å². The van der Waals surface area contributed by atoms with Crippen LogP contribution < -0.4 is 14.9 Å². The maximum Gasteiger partial charge on any atom is 0.284 e. The highest BCUT2D eigenvalue weighted by Gasteiger charge is 2.27. The van der Waals surface area contributed by atoms with Crippen molar-refractivity contribution in [3.8, 4) is 23.0 Å². The summed E-state index contributed by atoms with van der Waals surface area (Å²) in [6.07, 6.45) is 0.449. The number of hydrogen-bond donors (Lipinski definition) is 3. The van der Waals surface area contributed by atoms with Gasteiger partial charge in [-0.1, -0.05) is 12.1 Å². The molecule has 0 aromatic heterocycles. The Bertz CT molecular complexity index is 872. The van der Waals surface area contributed by atoms with Crippen LogP contribution in [0.5, 0.6) is 23.0 Å². The molecule has 0 aliphatic carbocycles. The highest BCUT2D eigenvalue weighted by Crippen LogP contribution is 2.43. The van der Waals surface area contributed by atoms with Gasteiger partial charge in [-0.2, -0.15) is 5.10 Å². The Hall–Kier alpha value is -2.26. The molecule has 0 saturated heterocycles. The van der Waals surface area contributed by atoms with Crippen molar-refractivity contribution >= 4 is 44.0 Å². The third-order valence-electron chi connectivity index (χ3n) is 3.78. The molecule has 7 nitrogen and oxygen atoms in total. The van der Waals surface area contributed by atoms with Crippen molar-refractivity contribution in [1.29, 1.82) is 0 Å². The Kier molecular flexibility index (Phi) is 5.38. The molecule has 2 aromatic carbocycles. The number of phenols is 2. The van der Waals surface area contributed by atoms with E-state index in [-0.39, 0.29) is 22.6 Å². The molecule has 3 N–H and O–H groups in total. The van der Waals surface area contributed by atoms with E-state index in [2.05, 4.69) is 42.4 Å². The van der Waals surface area contributed by atoms with Crippen molar-refractivity contribution in [1.82, 2.24) is 5.43 Å². The Balaban J connectivity index is 1.71. The van der Waals surface area contributed by atoms with Gasteiger partial charge in [0.2, 0.25) is 6.10 Å². The summed E-state index contributed by atoms with van der Waals surface area (Å²) in [5, 5.41) is 23.9. The summed E-state index contributed by atoms with van der Waals surface area (Å²) in [5.41, 5.74) is 3.26. The molecular formula is C17H14Br2N2O5.